The summed E-state index contributed by atoms with van der Waals surface area (Å²) in [7, 11) is 0. The van der Waals surface area contributed by atoms with Crippen LogP contribution in [0.2, 0.25) is 0 Å². The lowest BCUT2D eigenvalue weighted by Crippen LogP contribution is -2.37. The molecule has 0 unspecified atom stereocenters. The van der Waals surface area contributed by atoms with E-state index in [1.54, 1.807) is 12.1 Å². The highest BCUT2D eigenvalue weighted by molar-refractivity contribution is 5.96. The second-order valence-corrected chi connectivity index (χ2v) is 6.83. The van der Waals surface area contributed by atoms with Gasteiger partial charge in [-0.2, -0.15) is 0 Å². The second-order valence-electron chi connectivity index (χ2n) is 6.83. The Balaban J connectivity index is 2.31. The Morgan fingerprint density at radius 2 is 1.70 bits per heavy atom. The van der Waals surface area contributed by atoms with Crippen LogP contribution in [0.4, 0.5) is 0 Å². The van der Waals surface area contributed by atoms with E-state index in [1.807, 2.05) is 33.8 Å². The Labute approximate surface area is 138 Å². The molecule has 0 aliphatic carbocycles. The van der Waals surface area contributed by atoms with Crippen molar-refractivity contribution >= 4 is 11.8 Å². The monoisotopic (exact) mass is 320 g/mol. The van der Waals surface area contributed by atoms with Gasteiger partial charge in [-0.3, -0.25) is 9.59 Å². The van der Waals surface area contributed by atoms with E-state index in [-0.39, 0.29) is 30.4 Å². The molecule has 128 valence electrons. The lowest BCUT2D eigenvalue weighted by Gasteiger charge is -2.21. The summed E-state index contributed by atoms with van der Waals surface area (Å²) in [6.45, 7) is 8.48. The third kappa shape index (κ3) is 7.28. The van der Waals surface area contributed by atoms with Crippen molar-refractivity contribution in [3.05, 3.63) is 34.9 Å². The highest BCUT2D eigenvalue weighted by Crippen LogP contribution is 2.20. The summed E-state index contributed by atoms with van der Waals surface area (Å²) in [5.74, 6) is -0.446. The summed E-state index contributed by atoms with van der Waals surface area (Å²) >= 11 is 0. The van der Waals surface area contributed by atoms with Crippen LogP contribution >= 0.6 is 0 Å². The first-order valence-corrected chi connectivity index (χ1v) is 7.97. The topological polar surface area (TPSA) is 78.4 Å². The molecule has 23 heavy (non-hydrogen) atoms. The molecule has 1 aromatic rings. The van der Waals surface area contributed by atoms with E-state index in [2.05, 4.69) is 10.6 Å². The molecule has 0 aromatic heterocycles. The van der Waals surface area contributed by atoms with Crippen LogP contribution in [-0.4, -0.2) is 36.6 Å². The first-order valence-electron chi connectivity index (χ1n) is 7.97. The van der Waals surface area contributed by atoms with Gasteiger partial charge in [-0.15, -0.1) is 0 Å². The Kier molecular flexibility index (Phi) is 7.23. The van der Waals surface area contributed by atoms with Gasteiger partial charge < -0.3 is 15.7 Å². The van der Waals surface area contributed by atoms with Crippen molar-refractivity contribution in [2.24, 2.45) is 5.41 Å². The molecule has 1 rings (SSSR count). The highest BCUT2D eigenvalue weighted by atomic mass is 16.3. The number of carbonyl (C=O) groups is 2. The largest absolute Gasteiger partial charge is 0.396 e. The van der Waals surface area contributed by atoms with Crippen molar-refractivity contribution in [3.8, 4) is 0 Å². The van der Waals surface area contributed by atoms with Gasteiger partial charge in [-0.1, -0.05) is 31.0 Å². The predicted molar refractivity (Wildman–Crippen MR) is 91.4 cm³/mol. The SMILES string of the molecule is Cc1cc(C)cc(C(=O)NCC(=O)NCCCC(C)(C)CO)c1. The zero-order valence-electron chi connectivity index (χ0n) is 14.5. The first kappa shape index (κ1) is 19.2. The van der Waals surface area contributed by atoms with E-state index < -0.39 is 0 Å². The molecular weight excluding hydrogens is 292 g/mol. The van der Waals surface area contributed by atoms with E-state index in [9.17, 15) is 9.59 Å². The Bertz CT molecular complexity index is 533. The van der Waals surface area contributed by atoms with Gasteiger partial charge >= 0.3 is 0 Å². The predicted octanol–water partition coefficient (Wildman–Crippen LogP) is 1.95. The number of amides is 2. The molecule has 2 amide bonds. The van der Waals surface area contributed by atoms with Gasteiger partial charge in [-0.25, -0.2) is 0 Å². The van der Waals surface area contributed by atoms with Crippen LogP contribution in [-0.2, 0) is 4.79 Å². The van der Waals surface area contributed by atoms with Crippen LogP contribution in [0.3, 0.4) is 0 Å². The number of benzene rings is 1. The summed E-state index contributed by atoms with van der Waals surface area (Å²) in [5, 5.41) is 14.6. The van der Waals surface area contributed by atoms with Gasteiger partial charge in [0.05, 0.1) is 6.54 Å². The quantitative estimate of drug-likeness (QED) is 0.641. The van der Waals surface area contributed by atoms with Crippen LogP contribution < -0.4 is 10.6 Å². The van der Waals surface area contributed by atoms with Crippen molar-refractivity contribution in [2.45, 2.75) is 40.5 Å². The highest BCUT2D eigenvalue weighted by Gasteiger charge is 2.15. The fraction of sp³-hybridized carbons (Fsp3) is 0.556. The Morgan fingerprint density at radius 1 is 1.09 bits per heavy atom. The average Bonchev–Trinajstić information content (AvgIpc) is 2.48. The van der Waals surface area contributed by atoms with Crippen molar-refractivity contribution in [1.82, 2.24) is 10.6 Å². The molecular formula is C18H28N2O3. The maximum atomic E-state index is 12.0. The van der Waals surface area contributed by atoms with Crippen LogP contribution in [0.15, 0.2) is 18.2 Å². The standard InChI is InChI=1S/C18H28N2O3/c1-13-8-14(2)10-15(9-13)17(23)20-11-16(22)19-7-5-6-18(3,4)12-21/h8-10,21H,5-7,11-12H2,1-4H3,(H,19,22)(H,20,23). The summed E-state index contributed by atoms with van der Waals surface area (Å²) in [6, 6.07) is 5.60. The number of rotatable bonds is 8. The summed E-state index contributed by atoms with van der Waals surface area (Å²) in [6.07, 6.45) is 1.63. The summed E-state index contributed by atoms with van der Waals surface area (Å²) in [5.41, 5.74) is 2.49. The average molecular weight is 320 g/mol. The minimum Gasteiger partial charge on any atom is -0.396 e. The normalized spacial score (nSPS) is 11.2. The number of carbonyl (C=O) groups excluding carboxylic acids is 2. The molecule has 0 saturated heterocycles. The molecule has 1 aromatic carbocycles. The van der Waals surface area contributed by atoms with Crippen LogP contribution in [0.5, 0.6) is 0 Å². The third-order valence-electron chi connectivity index (χ3n) is 3.67. The number of aliphatic hydroxyl groups excluding tert-OH is 1. The zero-order valence-corrected chi connectivity index (χ0v) is 14.5. The van der Waals surface area contributed by atoms with E-state index in [0.717, 1.165) is 24.0 Å². The second kappa shape index (κ2) is 8.67. The minimum absolute atomic E-state index is 0.0325. The zero-order chi connectivity index (χ0) is 17.5. The summed E-state index contributed by atoms with van der Waals surface area (Å²) in [4.78, 5) is 23.8. The molecule has 3 N–H and O–H groups in total. The van der Waals surface area contributed by atoms with Gasteiger partial charge in [0, 0.05) is 18.7 Å². The number of hydrogen-bond donors (Lipinski definition) is 3. The number of aryl methyl sites for hydroxylation is 2. The van der Waals surface area contributed by atoms with Gasteiger partial charge in [0.2, 0.25) is 5.91 Å². The Morgan fingerprint density at radius 3 is 2.26 bits per heavy atom. The lowest BCUT2D eigenvalue weighted by atomic mass is 9.89. The van der Waals surface area contributed by atoms with Gasteiger partial charge in [-0.05, 0) is 44.2 Å². The van der Waals surface area contributed by atoms with Crippen molar-refractivity contribution in [3.63, 3.8) is 0 Å². The van der Waals surface area contributed by atoms with Gasteiger partial charge in [0.1, 0.15) is 0 Å². The molecule has 5 nitrogen and oxygen atoms in total. The van der Waals surface area contributed by atoms with Crippen molar-refractivity contribution in [1.29, 1.82) is 0 Å². The Hall–Kier alpha value is -1.88. The molecule has 0 bridgehead atoms. The lowest BCUT2D eigenvalue weighted by molar-refractivity contribution is -0.120. The first-order chi connectivity index (χ1) is 10.7. The minimum atomic E-state index is -0.242. The maximum absolute atomic E-state index is 12.0. The number of hydrogen-bond acceptors (Lipinski definition) is 3. The van der Waals surface area contributed by atoms with E-state index in [1.165, 1.54) is 0 Å². The van der Waals surface area contributed by atoms with Gasteiger partial charge in [0.25, 0.3) is 5.91 Å². The molecule has 0 saturated carbocycles. The molecule has 0 spiro atoms. The molecule has 5 heteroatoms. The fourth-order valence-corrected chi connectivity index (χ4v) is 2.30. The van der Waals surface area contributed by atoms with E-state index in [4.69, 9.17) is 5.11 Å². The number of nitrogens with one attached hydrogen (secondary N) is 2. The molecule has 0 atom stereocenters. The van der Waals surface area contributed by atoms with Crippen LogP contribution in [0, 0.1) is 19.3 Å². The van der Waals surface area contributed by atoms with Crippen molar-refractivity contribution in [2.75, 3.05) is 19.7 Å². The molecule has 0 heterocycles. The summed E-state index contributed by atoms with van der Waals surface area (Å²) < 4.78 is 0. The van der Waals surface area contributed by atoms with Crippen LogP contribution in [0.1, 0.15) is 48.2 Å². The number of aliphatic hydroxyl groups is 1. The molecule has 0 aliphatic heterocycles. The smallest absolute Gasteiger partial charge is 0.251 e. The van der Waals surface area contributed by atoms with Crippen molar-refractivity contribution < 1.29 is 14.7 Å². The van der Waals surface area contributed by atoms with Crippen LogP contribution in [0.25, 0.3) is 0 Å². The fourth-order valence-electron chi connectivity index (χ4n) is 2.30. The maximum Gasteiger partial charge on any atom is 0.251 e. The molecule has 0 radical (unpaired) electrons. The molecule has 0 fully saturated rings. The third-order valence-corrected chi connectivity index (χ3v) is 3.67. The molecule has 0 aliphatic rings. The van der Waals surface area contributed by atoms with E-state index in [0.29, 0.717) is 12.1 Å². The van der Waals surface area contributed by atoms with E-state index >= 15 is 0 Å². The van der Waals surface area contributed by atoms with Gasteiger partial charge in [0.15, 0.2) is 0 Å².